The van der Waals surface area contributed by atoms with Crippen LogP contribution in [-0.4, -0.2) is 50.9 Å². The smallest absolute Gasteiger partial charge is 0.254 e. The lowest BCUT2D eigenvalue weighted by Gasteiger charge is -2.28. The second-order valence-electron chi connectivity index (χ2n) is 6.69. The molecule has 1 aromatic rings. The Kier molecular flexibility index (Phi) is 5.41. The molecule has 25 heavy (non-hydrogen) atoms. The van der Waals surface area contributed by atoms with E-state index in [1.54, 1.807) is 4.90 Å². The average Bonchev–Trinajstić information content (AvgIpc) is 3.21. The molecule has 0 spiro atoms. The number of amides is 1. The van der Waals surface area contributed by atoms with Gasteiger partial charge in [-0.3, -0.25) is 4.79 Å². The SMILES string of the molecule is CCCN(C(=O)c1ccc(F)c(S(=O)(=O)NC2CC2)c1)C1CCNC1. The summed E-state index contributed by atoms with van der Waals surface area (Å²) in [4.78, 5) is 14.2. The minimum Gasteiger partial charge on any atom is -0.334 e. The summed E-state index contributed by atoms with van der Waals surface area (Å²) in [6, 6.07) is 3.55. The van der Waals surface area contributed by atoms with Crippen molar-refractivity contribution in [1.82, 2.24) is 14.9 Å². The molecule has 6 nitrogen and oxygen atoms in total. The predicted molar refractivity (Wildman–Crippen MR) is 92.3 cm³/mol. The summed E-state index contributed by atoms with van der Waals surface area (Å²) in [6.07, 6.45) is 3.19. The van der Waals surface area contributed by atoms with Crippen LogP contribution in [0.4, 0.5) is 4.39 Å². The maximum Gasteiger partial charge on any atom is 0.254 e. The summed E-state index contributed by atoms with van der Waals surface area (Å²) in [7, 11) is -3.95. The topological polar surface area (TPSA) is 78.5 Å². The zero-order valence-corrected chi connectivity index (χ0v) is 15.1. The first-order chi connectivity index (χ1) is 11.9. The van der Waals surface area contributed by atoms with Crippen LogP contribution in [0, 0.1) is 5.82 Å². The zero-order valence-electron chi connectivity index (χ0n) is 14.3. The van der Waals surface area contributed by atoms with Crippen LogP contribution in [0.2, 0.25) is 0 Å². The van der Waals surface area contributed by atoms with Crippen molar-refractivity contribution in [2.75, 3.05) is 19.6 Å². The Bertz CT molecular complexity index is 744. The highest BCUT2D eigenvalue weighted by molar-refractivity contribution is 7.89. The van der Waals surface area contributed by atoms with Gasteiger partial charge in [0, 0.05) is 30.7 Å². The van der Waals surface area contributed by atoms with E-state index in [1.165, 1.54) is 6.07 Å². The Morgan fingerprint density at radius 3 is 2.72 bits per heavy atom. The molecule has 8 heteroatoms. The molecule has 2 aliphatic rings. The quantitative estimate of drug-likeness (QED) is 0.763. The van der Waals surface area contributed by atoms with Gasteiger partial charge in [-0.2, -0.15) is 0 Å². The Morgan fingerprint density at radius 2 is 2.12 bits per heavy atom. The second-order valence-corrected chi connectivity index (χ2v) is 8.37. The van der Waals surface area contributed by atoms with E-state index in [9.17, 15) is 17.6 Å². The van der Waals surface area contributed by atoms with Gasteiger partial charge >= 0.3 is 0 Å². The van der Waals surface area contributed by atoms with Crippen LogP contribution < -0.4 is 10.0 Å². The standard InChI is InChI=1S/C17H24FN3O3S/c1-2-9-21(14-7-8-19-11-14)17(22)12-3-6-15(18)16(10-12)25(23,24)20-13-4-5-13/h3,6,10,13-14,19-20H,2,4-5,7-9,11H2,1H3. The van der Waals surface area contributed by atoms with Crippen LogP contribution >= 0.6 is 0 Å². The van der Waals surface area contributed by atoms with E-state index in [0.717, 1.165) is 50.9 Å². The van der Waals surface area contributed by atoms with Crippen LogP contribution in [-0.2, 0) is 10.0 Å². The fourth-order valence-electron chi connectivity index (χ4n) is 3.09. The Balaban J connectivity index is 1.88. The molecular weight excluding hydrogens is 345 g/mol. The van der Waals surface area contributed by atoms with Gasteiger partial charge in [0.25, 0.3) is 5.91 Å². The van der Waals surface area contributed by atoms with Crippen LogP contribution in [0.15, 0.2) is 23.1 Å². The summed E-state index contributed by atoms with van der Waals surface area (Å²) in [5, 5.41) is 3.23. The molecule has 1 aliphatic heterocycles. The summed E-state index contributed by atoms with van der Waals surface area (Å²) in [6.45, 7) is 4.15. The molecule has 0 aromatic heterocycles. The first kappa shape index (κ1) is 18.3. The van der Waals surface area contributed by atoms with Crippen LogP contribution in [0.5, 0.6) is 0 Å². The van der Waals surface area contributed by atoms with Gasteiger partial charge in [-0.15, -0.1) is 0 Å². The molecule has 0 radical (unpaired) electrons. The maximum atomic E-state index is 14.1. The van der Waals surface area contributed by atoms with E-state index >= 15 is 0 Å². The van der Waals surface area contributed by atoms with Gasteiger partial charge in [-0.05, 0) is 50.4 Å². The van der Waals surface area contributed by atoms with Gasteiger partial charge in [-0.1, -0.05) is 6.92 Å². The summed E-state index contributed by atoms with van der Waals surface area (Å²) in [5.74, 6) is -1.09. The summed E-state index contributed by atoms with van der Waals surface area (Å²) >= 11 is 0. The number of hydrogen-bond donors (Lipinski definition) is 2. The third kappa shape index (κ3) is 4.19. The van der Waals surface area contributed by atoms with Crippen molar-refractivity contribution in [3.8, 4) is 0 Å². The van der Waals surface area contributed by atoms with Crippen LogP contribution in [0.25, 0.3) is 0 Å². The van der Waals surface area contributed by atoms with E-state index in [-0.39, 0.29) is 23.6 Å². The van der Waals surface area contributed by atoms with Gasteiger partial charge in [0.05, 0.1) is 0 Å². The molecule has 0 bridgehead atoms. The molecule has 1 amide bonds. The highest BCUT2D eigenvalue weighted by Gasteiger charge is 2.31. The minimum atomic E-state index is -3.95. The molecule has 2 N–H and O–H groups in total. The molecule has 1 aromatic carbocycles. The van der Waals surface area contributed by atoms with Crippen molar-refractivity contribution in [1.29, 1.82) is 0 Å². The number of halogens is 1. The highest BCUT2D eigenvalue weighted by atomic mass is 32.2. The monoisotopic (exact) mass is 369 g/mol. The van der Waals surface area contributed by atoms with Crippen LogP contribution in [0.3, 0.4) is 0 Å². The predicted octanol–water partition coefficient (Wildman–Crippen LogP) is 1.48. The molecule has 1 atom stereocenters. The lowest BCUT2D eigenvalue weighted by atomic mass is 10.1. The van der Waals surface area contributed by atoms with Crippen molar-refractivity contribution in [2.45, 2.75) is 49.6 Å². The van der Waals surface area contributed by atoms with Crippen LogP contribution in [0.1, 0.15) is 43.0 Å². The first-order valence-electron chi connectivity index (χ1n) is 8.76. The van der Waals surface area contributed by atoms with Crippen molar-refractivity contribution in [2.24, 2.45) is 0 Å². The fourth-order valence-corrected chi connectivity index (χ4v) is 4.50. The zero-order chi connectivity index (χ0) is 18.0. The maximum absolute atomic E-state index is 14.1. The van der Waals surface area contributed by atoms with Crippen molar-refractivity contribution >= 4 is 15.9 Å². The number of carbonyl (C=O) groups excluding carboxylic acids is 1. The van der Waals surface area contributed by atoms with Gasteiger partial charge in [0.2, 0.25) is 10.0 Å². The van der Waals surface area contributed by atoms with E-state index < -0.39 is 20.7 Å². The Labute approximate surface area is 147 Å². The van der Waals surface area contributed by atoms with Crippen molar-refractivity contribution < 1.29 is 17.6 Å². The summed E-state index contributed by atoms with van der Waals surface area (Å²) in [5.41, 5.74) is 0.206. The molecule has 1 saturated heterocycles. The average molecular weight is 369 g/mol. The fraction of sp³-hybridized carbons (Fsp3) is 0.588. The number of nitrogens with zero attached hydrogens (tertiary/aromatic N) is 1. The first-order valence-corrected chi connectivity index (χ1v) is 10.2. The van der Waals surface area contributed by atoms with Crippen molar-refractivity contribution in [3.05, 3.63) is 29.6 Å². The largest absolute Gasteiger partial charge is 0.334 e. The van der Waals surface area contributed by atoms with Gasteiger partial charge in [0.15, 0.2) is 0 Å². The lowest BCUT2D eigenvalue weighted by Crippen LogP contribution is -2.42. The highest BCUT2D eigenvalue weighted by Crippen LogP contribution is 2.24. The molecule has 138 valence electrons. The third-order valence-corrected chi connectivity index (χ3v) is 6.10. The van der Waals surface area contributed by atoms with Crippen molar-refractivity contribution in [3.63, 3.8) is 0 Å². The minimum absolute atomic E-state index is 0.0853. The third-order valence-electron chi connectivity index (χ3n) is 4.57. The van der Waals surface area contributed by atoms with E-state index in [0.29, 0.717) is 6.54 Å². The molecule has 3 rings (SSSR count). The Morgan fingerprint density at radius 1 is 1.36 bits per heavy atom. The molecule has 1 unspecified atom stereocenters. The number of sulfonamides is 1. The second kappa shape index (κ2) is 7.39. The van der Waals surface area contributed by atoms with E-state index in [1.807, 2.05) is 6.92 Å². The molecule has 2 fully saturated rings. The number of carbonyl (C=O) groups is 1. The van der Waals surface area contributed by atoms with E-state index in [2.05, 4.69) is 10.0 Å². The normalized spacial score (nSPS) is 20.6. The molecular formula is C17H24FN3O3S. The van der Waals surface area contributed by atoms with E-state index in [4.69, 9.17) is 0 Å². The number of benzene rings is 1. The molecule has 1 saturated carbocycles. The number of nitrogens with one attached hydrogen (secondary N) is 2. The summed E-state index contributed by atoms with van der Waals surface area (Å²) < 4.78 is 41.2. The van der Waals surface area contributed by atoms with Gasteiger partial charge in [0.1, 0.15) is 10.7 Å². The number of hydrogen-bond acceptors (Lipinski definition) is 4. The molecule has 1 aliphatic carbocycles. The molecule has 1 heterocycles. The lowest BCUT2D eigenvalue weighted by molar-refractivity contribution is 0.0692. The number of rotatable bonds is 7. The van der Waals surface area contributed by atoms with Gasteiger partial charge in [-0.25, -0.2) is 17.5 Å². The Hall–Kier alpha value is -1.51. The van der Waals surface area contributed by atoms with Gasteiger partial charge < -0.3 is 10.2 Å².